The van der Waals surface area contributed by atoms with E-state index in [0.29, 0.717) is 18.4 Å². The van der Waals surface area contributed by atoms with Crippen LogP contribution in [0, 0.1) is 23.7 Å². The van der Waals surface area contributed by atoms with Crippen LogP contribution >= 0.6 is 11.8 Å². The smallest absolute Gasteiger partial charge is 0.319 e. The summed E-state index contributed by atoms with van der Waals surface area (Å²) >= 11 is 1.68. The van der Waals surface area contributed by atoms with Crippen molar-refractivity contribution >= 4 is 23.5 Å². The number of aliphatic hydroxyl groups is 1. The third-order valence-corrected chi connectivity index (χ3v) is 7.18. The summed E-state index contributed by atoms with van der Waals surface area (Å²) in [6.45, 7) is 0.372. The van der Waals surface area contributed by atoms with Gasteiger partial charge in [-0.3, -0.25) is 0 Å². The van der Waals surface area contributed by atoms with E-state index in [9.17, 15) is 9.90 Å². The van der Waals surface area contributed by atoms with Gasteiger partial charge in [0.25, 0.3) is 0 Å². The van der Waals surface area contributed by atoms with Gasteiger partial charge in [0, 0.05) is 17.1 Å². The van der Waals surface area contributed by atoms with E-state index in [-0.39, 0.29) is 6.03 Å². The van der Waals surface area contributed by atoms with E-state index in [1.54, 1.807) is 11.8 Å². The van der Waals surface area contributed by atoms with Gasteiger partial charge in [-0.25, -0.2) is 4.79 Å². The van der Waals surface area contributed by atoms with Crippen LogP contribution in [0.2, 0.25) is 0 Å². The summed E-state index contributed by atoms with van der Waals surface area (Å²) in [5, 5.41) is 17.0. The number of thioether (sulfide) groups is 1. The minimum Gasteiger partial charge on any atom is -0.387 e. The van der Waals surface area contributed by atoms with Crippen LogP contribution < -0.4 is 10.6 Å². The van der Waals surface area contributed by atoms with Gasteiger partial charge in [0.05, 0.1) is 5.60 Å². The predicted molar refractivity (Wildman–Crippen MR) is 97.2 cm³/mol. The van der Waals surface area contributed by atoms with E-state index in [1.807, 2.05) is 30.5 Å². The molecule has 4 fully saturated rings. The van der Waals surface area contributed by atoms with Gasteiger partial charge >= 0.3 is 6.03 Å². The summed E-state index contributed by atoms with van der Waals surface area (Å²) in [5.74, 6) is 2.37. The Labute approximate surface area is 147 Å². The van der Waals surface area contributed by atoms with E-state index in [4.69, 9.17) is 0 Å². The molecule has 1 aromatic carbocycles. The first-order valence-corrected chi connectivity index (χ1v) is 10.2. The summed E-state index contributed by atoms with van der Waals surface area (Å²) in [6.07, 6.45) is 7.96. The van der Waals surface area contributed by atoms with Crippen molar-refractivity contribution in [1.29, 1.82) is 0 Å². The Bertz CT molecular complexity index is 588. The SMILES string of the molecule is CSc1ccc(NC(=O)NCC2(O)C3CC4CC(C3)CC2C4)cc1. The quantitative estimate of drug-likeness (QED) is 0.728. The van der Waals surface area contributed by atoms with Gasteiger partial charge in [-0.15, -0.1) is 11.8 Å². The highest BCUT2D eigenvalue weighted by molar-refractivity contribution is 7.98. The second-order valence-corrected chi connectivity index (χ2v) is 8.71. The monoisotopic (exact) mass is 346 g/mol. The third-order valence-electron chi connectivity index (χ3n) is 6.43. The first-order chi connectivity index (χ1) is 11.6. The number of hydrogen-bond donors (Lipinski definition) is 3. The number of carbonyl (C=O) groups excluding carboxylic acids is 1. The lowest BCUT2D eigenvalue weighted by atomic mass is 9.50. The highest BCUT2D eigenvalue weighted by Crippen LogP contribution is 2.58. The second-order valence-electron chi connectivity index (χ2n) is 7.83. The molecule has 0 aromatic heterocycles. The minimum absolute atomic E-state index is 0.228. The highest BCUT2D eigenvalue weighted by Gasteiger charge is 2.56. The Morgan fingerprint density at radius 1 is 1.12 bits per heavy atom. The van der Waals surface area contributed by atoms with Crippen LogP contribution in [-0.4, -0.2) is 29.5 Å². The summed E-state index contributed by atoms with van der Waals surface area (Å²) in [5.41, 5.74) is 0.0791. The van der Waals surface area contributed by atoms with Gasteiger partial charge in [-0.05, 0) is 86.3 Å². The molecule has 0 unspecified atom stereocenters. The molecule has 130 valence electrons. The number of benzene rings is 1. The zero-order valence-corrected chi connectivity index (χ0v) is 14.9. The van der Waals surface area contributed by atoms with Gasteiger partial charge in [0.1, 0.15) is 0 Å². The van der Waals surface area contributed by atoms with E-state index in [0.717, 1.165) is 43.2 Å². The van der Waals surface area contributed by atoms with Crippen molar-refractivity contribution in [1.82, 2.24) is 5.32 Å². The highest BCUT2D eigenvalue weighted by atomic mass is 32.2. The molecule has 2 amide bonds. The summed E-state index contributed by atoms with van der Waals surface area (Å²) < 4.78 is 0. The summed E-state index contributed by atoms with van der Waals surface area (Å²) in [4.78, 5) is 13.4. The van der Waals surface area contributed by atoms with Crippen LogP contribution in [0.3, 0.4) is 0 Å². The molecule has 0 saturated heterocycles. The zero-order valence-electron chi connectivity index (χ0n) is 14.1. The number of urea groups is 1. The maximum atomic E-state index is 12.2. The van der Waals surface area contributed by atoms with E-state index < -0.39 is 5.60 Å². The van der Waals surface area contributed by atoms with Crippen LogP contribution in [-0.2, 0) is 0 Å². The van der Waals surface area contributed by atoms with Gasteiger partial charge in [-0.1, -0.05) is 0 Å². The number of rotatable bonds is 4. The topological polar surface area (TPSA) is 61.4 Å². The van der Waals surface area contributed by atoms with Crippen molar-refractivity contribution in [2.45, 2.75) is 42.6 Å². The molecule has 1 aromatic rings. The first kappa shape index (κ1) is 16.3. The predicted octanol–water partition coefficient (Wildman–Crippen LogP) is 3.72. The molecule has 4 bridgehead atoms. The zero-order chi connectivity index (χ0) is 16.7. The van der Waals surface area contributed by atoms with Gasteiger partial charge in [0.15, 0.2) is 0 Å². The molecular weight excluding hydrogens is 320 g/mol. The van der Waals surface area contributed by atoms with Crippen molar-refractivity contribution in [3.63, 3.8) is 0 Å². The molecule has 4 aliphatic carbocycles. The molecule has 0 aliphatic heterocycles. The van der Waals surface area contributed by atoms with Crippen molar-refractivity contribution in [2.75, 3.05) is 18.1 Å². The van der Waals surface area contributed by atoms with Crippen LogP contribution in [0.5, 0.6) is 0 Å². The number of amides is 2. The fourth-order valence-electron chi connectivity index (χ4n) is 5.36. The molecule has 4 nitrogen and oxygen atoms in total. The Morgan fingerprint density at radius 3 is 2.25 bits per heavy atom. The first-order valence-electron chi connectivity index (χ1n) is 8.98. The molecule has 0 heterocycles. The Hall–Kier alpha value is -1.20. The van der Waals surface area contributed by atoms with Crippen LogP contribution in [0.25, 0.3) is 0 Å². The Morgan fingerprint density at radius 2 is 1.71 bits per heavy atom. The molecule has 5 rings (SSSR count). The average Bonchev–Trinajstić information content (AvgIpc) is 2.58. The number of anilines is 1. The number of carbonyl (C=O) groups is 1. The molecule has 0 atom stereocenters. The minimum atomic E-state index is -0.701. The largest absolute Gasteiger partial charge is 0.387 e. The molecule has 0 radical (unpaired) electrons. The maximum absolute atomic E-state index is 12.2. The van der Waals surface area contributed by atoms with Gasteiger partial charge < -0.3 is 15.7 Å². The molecule has 5 heteroatoms. The normalized spacial score (nSPS) is 36.6. The summed E-state index contributed by atoms with van der Waals surface area (Å²) in [7, 11) is 0. The fourth-order valence-corrected chi connectivity index (χ4v) is 5.77. The van der Waals surface area contributed by atoms with Crippen molar-refractivity contribution in [3.8, 4) is 0 Å². The van der Waals surface area contributed by atoms with Crippen LogP contribution in [0.15, 0.2) is 29.2 Å². The third kappa shape index (κ3) is 2.93. The molecule has 4 saturated carbocycles. The maximum Gasteiger partial charge on any atom is 0.319 e. The van der Waals surface area contributed by atoms with Crippen molar-refractivity contribution in [3.05, 3.63) is 24.3 Å². The lowest BCUT2D eigenvalue weighted by Crippen LogP contribution is -2.62. The molecular formula is C19H26N2O2S. The average molecular weight is 346 g/mol. The lowest BCUT2D eigenvalue weighted by molar-refractivity contribution is -0.168. The number of hydrogen-bond acceptors (Lipinski definition) is 3. The summed E-state index contributed by atoms with van der Waals surface area (Å²) in [6, 6.07) is 7.57. The van der Waals surface area contributed by atoms with E-state index in [2.05, 4.69) is 10.6 Å². The molecule has 24 heavy (non-hydrogen) atoms. The number of nitrogens with one attached hydrogen (secondary N) is 2. The molecule has 3 N–H and O–H groups in total. The van der Waals surface area contributed by atoms with Crippen molar-refractivity contribution in [2.24, 2.45) is 23.7 Å². The fraction of sp³-hybridized carbons (Fsp3) is 0.632. The second kappa shape index (κ2) is 6.26. The standard InChI is InChI=1S/C19H26N2O2S/c1-24-17-4-2-16(3-5-17)21-18(22)20-11-19(23)14-7-12-6-13(9-14)10-15(19)8-12/h2-5,12-15,23H,6-11H2,1H3,(H2,20,21,22). The van der Waals surface area contributed by atoms with Crippen LogP contribution in [0.1, 0.15) is 32.1 Å². The Kier molecular flexibility index (Phi) is 4.25. The van der Waals surface area contributed by atoms with E-state index >= 15 is 0 Å². The van der Waals surface area contributed by atoms with Crippen LogP contribution in [0.4, 0.5) is 10.5 Å². The van der Waals surface area contributed by atoms with Crippen molar-refractivity contribution < 1.29 is 9.90 Å². The van der Waals surface area contributed by atoms with Gasteiger partial charge in [0.2, 0.25) is 0 Å². The molecule has 0 spiro atoms. The lowest BCUT2D eigenvalue weighted by Gasteiger charge is -2.58. The Balaban J connectivity index is 1.35. The molecule has 4 aliphatic rings. The van der Waals surface area contributed by atoms with E-state index in [1.165, 1.54) is 11.3 Å². The van der Waals surface area contributed by atoms with Gasteiger partial charge in [-0.2, -0.15) is 0 Å².